The van der Waals surface area contributed by atoms with Crippen molar-refractivity contribution in [3.8, 4) is 0 Å². The number of ether oxygens (including phenoxy) is 1. The molecule has 0 amide bonds. The second-order valence-electron chi connectivity index (χ2n) is 4.06. The molecule has 2 atom stereocenters. The standard InChI is InChI=1S/C12H15BrO2/c13-9-12(6-10(7-14)8-15-12)11-4-2-1-3-5-11/h1-5,10,14H,6-9H2/t10-,12+/m1/s1. The lowest BCUT2D eigenvalue weighted by atomic mass is 9.89. The minimum absolute atomic E-state index is 0.210. The van der Waals surface area contributed by atoms with Crippen LogP contribution in [0.25, 0.3) is 0 Å². The van der Waals surface area contributed by atoms with Crippen molar-refractivity contribution in [2.24, 2.45) is 5.92 Å². The quantitative estimate of drug-likeness (QED) is 0.855. The summed E-state index contributed by atoms with van der Waals surface area (Å²) in [6, 6.07) is 10.2. The molecule has 1 aliphatic rings. The minimum Gasteiger partial charge on any atom is -0.396 e. The summed E-state index contributed by atoms with van der Waals surface area (Å²) in [5.74, 6) is 0.266. The van der Waals surface area contributed by atoms with E-state index >= 15 is 0 Å². The maximum atomic E-state index is 9.15. The van der Waals surface area contributed by atoms with Crippen molar-refractivity contribution < 1.29 is 9.84 Å². The zero-order chi connectivity index (χ0) is 10.7. The van der Waals surface area contributed by atoms with Crippen LogP contribution >= 0.6 is 15.9 Å². The number of rotatable bonds is 3. The first-order valence-electron chi connectivity index (χ1n) is 5.17. The Kier molecular flexibility index (Phi) is 3.44. The topological polar surface area (TPSA) is 29.5 Å². The summed E-state index contributed by atoms with van der Waals surface area (Å²) in [6.45, 7) is 0.860. The Morgan fingerprint density at radius 2 is 2.13 bits per heavy atom. The van der Waals surface area contributed by atoms with Crippen molar-refractivity contribution >= 4 is 15.9 Å². The fourth-order valence-corrected chi connectivity index (χ4v) is 2.81. The molecule has 1 heterocycles. The highest BCUT2D eigenvalue weighted by atomic mass is 79.9. The third-order valence-electron chi connectivity index (χ3n) is 2.99. The molecule has 0 saturated carbocycles. The third-order valence-corrected chi connectivity index (χ3v) is 3.89. The summed E-state index contributed by atoms with van der Waals surface area (Å²) in [5, 5.41) is 9.92. The monoisotopic (exact) mass is 270 g/mol. The Morgan fingerprint density at radius 1 is 1.40 bits per heavy atom. The van der Waals surface area contributed by atoms with Gasteiger partial charge in [0.05, 0.1) is 6.61 Å². The van der Waals surface area contributed by atoms with Gasteiger partial charge in [0.15, 0.2) is 0 Å². The molecule has 0 aromatic heterocycles. The van der Waals surface area contributed by atoms with Gasteiger partial charge in [-0.2, -0.15) is 0 Å². The molecular weight excluding hydrogens is 256 g/mol. The fourth-order valence-electron chi connectivity index (χ4n) is 2.09. The van der Waals surface area contributed by atoms with Crippen LogP contribution in [0.2, 0.25) is 0 Å². The van der Waals surface area contributed by atoms with Crippen LogP contribution in [0.15, 0.2) is 30.3 Å². The van der Waals surface area contributed by atoms with Crippen LogP contribution in [-0.2, 0) is 10.3 Å². The lowest BCUT2D eigenvalue weighted by Crippen LogP contribution is -2.27. The van der Waals surface area contributed by atoms with E-state index in [9.17, 15) is 0 Å². The predicted octanol–water partition coefficient (Wildman–Crippen LogP) is 2.31. The van der Waals surface area contributed by atoms with E-state index in [4.69, 9.17) is 9.84 Å². The average Bonchev–Trinajstić information content (AvgIpc) is 2.75. The van der Waals surface area contributed by atoms with Crippen LogP contribution in [-0.4, -0.2) is 23.7 Å². The first-order valence-corrected chi connectivity index (χ1v) is 6.29. The zero-order valence-corrected chi connectivity index (χ0v) is 10.1. The Hall–Kier alpha value is -0.380. The summed E-state index contributed by atoms with van der Waals surface area (Å²) in [7, 11) is 0. The van der Waals surface area contributed by atoms with Gasteiger partial charge < -0.3 is 9.84 Å². The van der Waals surface area contributed by atoms with Gasteiger partial charge in [0.2, 0.25) is 0 Å². The van der Waals surface area contributed by atoms with Crippen LogP contribution in [0.3, 0.4) is 0 Å². The smallest absolute Gasteiger partial charge is 0.103 e. The molecule has 0 bridgehead atoms. The van der Waals surface area contributed by atoms with Gasteiger partial charge in [0.1, 0.15) is 5.60 Å². The van der Waals surface area contributed by atoms with Gasteiger partial charge in [-0.15, -0.1) is 0 Å². The van der Waals surface area contributed by atoms with E-state index < -0.39 is 0 Å². The molecule has 1 aromatic carbocycles. The van der Waals surface area contributed by atoms with Gasteiger partial charge in [0.25, 0.3) is 0 Å². The van der Waals surface area contributed by atoms with Crippen LogP contribution in [0, 0.1) is 5.92 Å². The molecule has 0 spiro atoms. The molecule has 15 heavy (non-hydrogen) atoms. The molecular formula is C12H15BrO2. The Bertz CT molecular complexity index is 315. The molecule has 0 unspecified atom stereocenters. The van der Waals surface area contributed by atoms with Gasteiger partial charge in [-0.3, -0.25) is 0 Å². The van der Waals surface area contributed by atoms with Crippen molar-refractivity contribution in [1.29, 1.82) is 0 Å². The summed E-state index contributed by atoms with van der Waals surface area (Å²) in [6.07, 6.45) is 0.888. The van der Waals surface area contributed by atoms with Crippen LogP contribution in [0.1, 0.15) is 12.0 Å². The fraction of sp³-hybridized carbons (Fsp3) is 0.500. The van der Waals surface area contributed by atoms with Crippen LogP contribution in [0.5, 0.6) is 0 Å². The van der Waals surface area contributed by atoms with E-state index in [-0.39, 0.29) is 18.1 Å². The molecule has 1 aromatic rings. The van der Waals surface area contributed by atoms with Crippen LogP contribution in [0.4, 0.5) is 0 Å². The van der Waals surface area contributed by atoms with E-state index in [1.807, 2.05) is 18.2 Å². The third kappa shape index (κ3) is 2.10. The molecule has 1 fully saturated rings. The SMILES string of the molecule is OC[C@@H]1CO[C@@](CBr)(c2ccccc2)C1. The number of aliphatic hydroxyl groups is 1. The highest BCUT2D eigenvalue weighted by Gasteiger charge is 2.40. The molecule has 82 valence electrons. The second-order valence-corrected chi connectivity index (χ2v) is 4.62. The molecule has 1 N–H and O–H groups in total. The lowest BCUT2D eigenvalue weighted by molar-refractivity contribution is 0.0200. The van der Waals surface area contributed by atoms with Crippen molar-refractivity contribution in [3.63, 3.8) is 0 Å². The second kappa shape index (κ2) is 4.64. The predicted molar refractivity (Wildman–Crippen MR) is 63.1 cm³/mol. The largest absolute Gasteiger partial charge is 0.396 e. The Balaban J connectivity index is 2.24. The molecule has 0 aliphatic carbocycles. The van der Waals surface area contributed by atoms with Crippen molar-refractivity contribution in [3.05, 3.63) is 35.9 Å². The van der Waals surface area contributed by atoms with Gasteiger partial charge in [0, 0.05) is 17.9 Å². The van der Waals surface area contributed by atoms with E-state index in [1.54, 1.807) is 0 Å². The number of alkyl halides is 1. The summed E-state index contributed by atoms with van der Waals surface area (Å²) in [4.78, 5) is 0. The highest BCUT2D eigenvalue weighted by Crippen LogP contribution is 2.40. The molecule has 2 nitrogen and oxygen atoms in total. The summed E-state index contributed by atoms with van der Waals surface area (Å²) in [5.41, 5.74) is 0.951. The van der Waals surface area contributed by atoms with Crippen molar-refractivity contribution in [2.45, 2.75) is 12.0 Å². The average molecular weight is 271 g/mol. The number of benzene rings is 1. The molecule has 0 radical (unpaired) electrons. The van der Waals surface area contributed by atoms with E-state index in [1.165, 1.54) is 5.56 Å². The Morgan fingerprint density at radius 3 is 2.67 bits per heavy atom. The maximum absolute atomic E-state index is 9.15. The maximum Gasteiger partial charge on any atom is 0.103 e. The van der Waals surface area contributed by atoms with Crippen molar-refractivity contribution in [2.75, 3.05) is 18.5 Å². The molecule has 3 heteroatoms. The van der Waals surface area contributed by atoms with E-state index in [2.05, 4.69) is 28.1 Å². The first-order chi connectivity index (χ1) is 7.30. The molecule has 1 saturated heterocycles. The number of hydrogen-bond donors (Lipinski definition) is 1. The van der Waals surface area contributed by atoms with Gasteiger partial charge in [-0.05, 0) is 12.0 Å². The van der Waals surface area contributed by atoms with Gasteiger partial charge in [-0.25, -0.2) is 0 Å². The van der Waals surface area contributed by atoms with E-state index in [0.29, 0.717) is 6.61 Å². The normalized spacial score (nSPS) is 30.7. The number of aliphatic hydroxyl groups excluding tert-OH is 1. The van der Waals surface area contributed by atoms with Gasteiger partial charge in [-0.1, -0.05) is 46.3 Å². The summed E-state index contributed by atoms with van der Waals surface area (Å²) >= 11 is 3.52. The number of hydrogen-bond acceptors (Lipinski definition) is 2. The summed E-state index contributed by atoms with van der Waals surface area (Å²) < 4.78 is 5.87. The first kappa shape index (κ1) is 11.1. The molecule has 1 aliphatic heterocycles. The highest BCUT2D eigenvalue weighted by molar-refractivity contribution is 9.09. The lowest BCUT2D eigenvalue weighted by Gasteiger charge is -2.26. The Labute approximate surface area is 98.4 Å². The van der Waals surface area contributed by atoms with E-state index in [0.717, 1.165) is 11.8 Å². The minimum atomic E-state index is -0.241. The van der Waals surface area contributed by atoms with Crippen molar-refractivity contribution in [1.82, 2.24) is 0 Å². The number of halogens is 1. The van der Waals surface area contributed by atoms with Crippen LogP contribution < -0.4 is 0 Å². The molecule has 2 rings (SSSR count). The van der Waals surface area contributed by atoms with Gasteiger partial charge >= 0.3 is 0 Å². The zero-order valence-electron chi connectivity index (χ0n) is 8.53.